The molecule has 1 aliphatic carbocycles. The molecule has 0 atom stereocenters. The minimum Gasteiger partial charge on any atom is -0.315 e. The van der Waals surface area contributed by atoms with Crippen LogP contribution in [0.3, 0.4) is 0 Å². The minimum atomic E-state index is -3.20. The minimum absolute atomic E-state index is 0.385. The fraction of sp³-hybridized carbons (Fsp3) is 1.00. The molecular formula is C13H28NO3P. The van der Waals surface area contributed by atoms with E-state index in [1.54, 1.807) is 0 Å². The number of hydrogen-bond acceptors (Lipinski definition) is 4. The Morgan fingerprint density at radius 3 is 1.72 bits per heavy atom. The highest BCUT2D eigenvalue weighted by molar-refractivity contribution is 7.55. The topological polar surface area (TPSA) is 61.5 Å². The van der Waals surface area contributed by atoms with Gasteiger partial charge in [-0.05, 0) is 26.7 Å². The third-order valence-electron chi connectivity index (χ3n) is 3.61. The standard InChI is InChI=1S/C13H28NO3P/c1-3-16-18(15,17-4-2)13(14)11-9-7-5-6-8-10-12-13/h3-12,14H2,1-2H3. The van der Waals surface area contributed by atoms with Gasteiger partial charge >= 0.3 is 7.60 Å². The van der Waals surface area contributed by atoms with Gasteiger partial charge in [0.15, 0.2) is 0 Å². The van der Waals surface area contributed by atoms with Crippen LogP contribution in [0.25, 0.3) is 0 Å². The number of rotatable bonds is 5. The summed E-state index contributed by atoms with van der Waals surface area (Å²) in [6.07, 6.45) is 8.34. The van der Waals surface area contributed by atoms with Crippen molar-refractivity contribution in [2.75, 3.05) is 13.2 Å². The third kappa shape index (κ3) is 4.06. The van der Waals surface area contributed by atoms with E-state index in [2.05, 4.69) is 0 Å². The monoisotopic (exact) mass is 277 g/mol. The third-order valence-corrected chi connectivity index (χ3v) is 6.35. The molecule has 0 heterocycles. The zero-order valence-electron chi connectivity index (χ0n) is 11.8. The van der Waals surface area contributed by atoms with E-state index in [1.807, 2.05) is 13.8 Å². The number of nitrogens with two attached hydrogens (primary N) is 1. The maximum Gasteiger partial charge on any atom is 0.350 e. The summed E-state index contributed by atoms with van der Waals surface area (Å²) < 4.78 is 23.8. The normalized spacial score (nSPS) is 21.9. The summed E-state index contributed by atoms with van der Waals surface area (Å²) in [7, 11) is -3.20. The Hall–Kier alpha value is 0.110. The Bertz CT molecular complexity index is 263. The molecule has 0 aromatic carbocycles. The summed E-state index contributed by atoms with van der Waals surface area (Å²) in [5.41, 5.74) is 6.44. The van der Waals surface area contributed by atoms with Gasteiger partial charge in [-0.2, -0.15) is 0 Å². The molecule has 1 saturated carbocycles. The molecule has 1 rings (SSSR count). The zero-order valence-corrected chi connectivity index (χ0v) is 12.7. The molecule has 0 spiro atoms. The predicted octanol–water partition coefficient (Wildman–Crippen LogP) is 4.04. The second-order valence-electron chi connectivity index (χ2n) is 5.06. The first-order valence-electron chi connectivity index (χ1n) is 7.26. The molecule has 0 aromatic heterocycles. The maximum absolute atomic E-state index is 12.9. The number of hydrogen-bond donors (Lipinski definition) is 1. The van der Waals surface area contributed by atoms with E-state index in [1.165, 1.54) is 12.8 Å². The molecule has 4 nitrogen and oxygen atoms in total. The Kier molecular flexibility index (Phi) is 6.86. The molecule has 0 amide bonds. The summed E-state index contributed by atoms with van der Waals surface area (Å²) >= 11 is 0. The Morgan fingerprint density at radius 1 is 0.944 bits per heavy atom. The summed E-state index contributed by atoms with van der Waals surface area (Å²) in [6, 6.07) is 0. The highest BCUT2D eigenvalue weighted by atomic mass is 31.2. The highest BCUT2D eigenvalue weighted by Gasteiger charge is 2.46. The molecule has 0 radical (unpaired) electrons. The van der Waals surface area contributed by atoms with Gasteiger partial charge in [0.2, 0.25) is 0 Å². The van der Waals surface area contributed by atoms with Crippen LogP contribution in [0.2, 0.25) is 0 Å². The Labute approximate surface area is 111 Å². The van der Waals surface area contributed by atoms with Gasteiger partial charge in [-0.15, -0.1) is 0 Å². The van der Waals surface area contributed by atoms with Crippen LogP contribution >= 0.6 is 7.60 Å². The molecule has 18 heavy (non-hydrogen) atoms. The van der Waals surface area contributed by atoms with E-state index in [4.69, 9.17) is 14.8 Å². The molecule has 0 bridgehead atoms. The molecule has 0 unspecified atom stereocenters. The van der Waals surface area contributed by atoms with Crippen LogP contribution in [-0.2, 0) is 13.6 Å². The Balaban J connectivity index is 2.84. The van der Waals surface area contributed by atoms with E-state index in [-0.39, 0.29) is 0 Å². The largest absolute Gasteiger partial charge is 0.350 e. The smallest absolute Gasteiger partial charge is 0.315 e. The average Bonchev–Trinajstić information content (AvgIpc) is 2.43. The maximum atomic E-state index is 12.9. The van der Waals surface area contributed by atoms with E-state index in [0.29, 0.717) is 13.2 Å². The van der Waals surface area contributed by atoms with Crippen LogP contribution < -0.4 is 5.73 Å². The van der Waals surface area contributed by atoms with Gasteiger partial charge in [-0.25, -0.2) is 0 Å². The van der Waals surface area contributed by atoms with E-state index in [9.17, 15) is 4.57 Å². The van der Waals surface area contributed by atoms with E-state index < -0.39 is 12.9 Å². The lowest BCUT2D eigenvalue weighted by atomic mass is 10.1. The van der Waals surface area contributed by atoms with Crippen molar-refractivity contribution in [3.05, 3.63) is 0 Å². The van der Waals surface area contributed by atoms with E-state index >= 15 is 0 Å². The van der Waals surface area contributed by atoms with Crippen LogP contribution in [0.15, 0.2) is 0 Å². The van der Waals surface area contributed by atoms with Gasteiger partial charge in [0.05, 0.1) is 13.2 Å². The van der Waals surface area contributed by atoms with Crippen molar-refractivity contribution in [1.82, 2.24) is 0 Å². The fourth-order valence-electron chi connectivity index (χ4n) is 2.60. The van der Waals surface area contributed by atoms with Crippen molar-refractivity contribution in [2.24, 2.45) is 5.73 Å². The molecule has 1 aliphatic rings. The molecule has 2 N–H and O–H groups in total. The summed E-state index contributed by atoms with van der Waals surface area (Å²) in [6.45, 7) is 4.45. The first kappa shape index (κ1) is 16.2. The van der Waals surface area contributed by atoms with Gasteiger partial charge in [0, 0.05) is 0 Å². The summed E-state index contributed by atoms with van der Waals surface area (Å²) in [5, 5.41) is -0.788. The quantitative estimate of drug-likeness (QED) is 0.770. The van der Waals surface area contributed by atoms with Crippen molar-refractivity contribution in [2.45, 2.75) is 70.5 Å². The van der Waals surface area contributed by atoms with Crippen LogP contribution in [0.4, 0.5) is 0 Å². The van der Waals surface area contributed by atoms with Crippen LogP contribution in [-0.4, -0.2) is 18.5 Å². The molecule has 0 aromatic rings. The van der Waals surface area contributed by atoms with Gasteiger partial charge in [0.1, 0.15) is 5.28 Å². The molecule has 5 heteroatoms. The van der Waals surface area contributed by atoms with Gasteiger partial charge < -0.3 is 14.8 Å². The lowest BCUT2D eigenvalue weighted by Crippen LogP contribution is -2.41. The van der Waals surface area contributed by atoms with Crippen LogP contribution in [0.5, 0.6) is 0 Å². The zero-order chi connectivity index (χ0) is 13.5. The molecule has 108 valence electrons. The molecule has 0 aliphatic heterocycles. The SMILES string of the molecule is CCOP(=O)(OCC)C1(N)CCCCCCCC1. The second kappa shape index (κ2) is 7.64. The van der Waals surface area contributed by atoms with Crippen LogP contribution in [0, 0.1) is 0 Å². The predicted molar refractivity (Wildman–Crippen MR) is 74.7 cm³/mol. The van der Waals surface area contributed by atoms with Crippen molar-refractivity contribution < 1.29 is 13.6 Å². The fourth-order valence-corrected chi connectivity index (χ4v) is 4.74. The average molecular weight is 277 g/mol. The molecular weight excluding hydrogens is 249 g/mol. The molecule has 1 fully saturated rings. The highest BCUT2D eigenvalue weighted by Crippen LogP contribution is 2.61. The van der Waals surface area contributed by atoms with Crippen molar-refractivity contribution in [3.8, 4) is 0 Å². The van der Waals surface area contributed by atoms with E-state index in [0.717, 1.165) is 38.5 Å². The van der Waals surface area contributed by atoms with Gasteiger partial charge in [-0.3, -0.25) is 4.57 Å². The molecule has 0 saturated heterocycles. The lowest BCUT2D eigenvalue weighted by molar-refractivity contribution is 0.188. The van der Waals surface area contributed by atoms with Gasteiger partial charge in [-0.1, -0.05) is 38.5 Å². The summed E-state index contributed by atoms with van der Waals surface area (Å²) in [4.78, 5) is 0. The van der Waals surface area contributed by atoms with Crippen molar-refractivity contribution >= 4 is 7.60 Å². The second-order valence-corrected chi connectivity index (χ2v) is 7.46. The lowest BCUT2D eigenvalue weighted by Gasteiger charge is -2.35. The summed E-state index contributed by atoms with van der Waals surface area (Å²) in [5.74, 6) is 0. The van der Waals surface area contributed by atoms with Gasteiger partial charge in [0.25, 0.3) is 0 Å². The first-order valence-corrected chi connectivity index (χ1v) is 8.80. The Morgan fingerprint density at radius 2 is 1.33 bits per heavy atom. The van der Waals surface area contributed by atoms with Crippen LogP contribution in [0.1, 0.15) is 65.2 Å². The first-order chi connectivity index (χ1) is 8.58. The van der Waals surface area contributed by atoms with Crippen molar-refractivity contribution in [1.29, 1.82) is 0 Å². The van der Waals surface area contributed by atoms with Crippen molar-refractivity contribution in [3.63, 3.8) is 0 Å².